The van der Waals surface area contributed by atoms with Crippen LogP contribution in [-0.2, 0) is 24.3 Å². The van der Waals surface area contributed by atoms with Gasteiger partial charge in [-0.1, -0.05) is 11.3 Å². The number of fused-ring (bicyclic) bond motifs is 1. The van der Waals surface area contributed by atoms with Crippen molar-refractivity contribution in [1.29, 1.82) is 0 Å². The number of thiazole rings is 1. The van der Waals surface area contributed by atoms with Crippen molar-refractivity contribution in [3.05, 3.63) is 42.6 Å². The third kappa shape index (κ3) is 2.58. The van der Waals surface area contributed by atoms with Crippen LogP contribution in [0.1, 0.15) is 22.6 Å². The molecule has 1 aliphatic heterocycles. The van der Waals surface area contributed by atoms with Gasteiger partial charge in [-0.05, 0) is 30.4 Å². The Bertz CT molecular complexity index is 683. The summed E-state index contributed by atoms with van der Waals surface area (Å²) in [5.74, 6) is 0.138. The fourth-order valence-corrected chi connectivity index (χ4v) is 4.15. The molecule has 6 heteroatoms. The van der Waals surface area contributed by atoms with E-state index in [-0.39, 0.29) is 10.8 Å². The molecule has 3 heterocycles. The number of thiophene rings is 1. The third-order valence-electron chi connectivity index (χ3n) is 3.69. The number of amides is 1. The highest BCUT2D eigenvalue weighted by Gasteiger charge is 2.21. The van der Waals surface area contributed by atoms with Crippen LogP contribution in [0.5, 0.6) is 0 Å². The standard InChI is InChI=1S/C14H16N2O2S2/c1-10-9-20-14(18)16(10)6-3-13(17)15-5-2-12-11(8-15)4-7-19-12/h4,7,9H,2-3,5-6,8H2,1H3. The largest absolute Gasteiger partial charge is 0.338 e. The van der Waals surface area contributed by atoms with Gasteiger partial charge in [0.2, 0.25) is 5.91 Å². The van der Waals surface area contributed by atoms with Gasteiger partial charge in [0.1, 0.15) is 0 Å². The first kappa shape index (κ1) is 13.6. The Morgan fingerprint density at radius 2 is 2.25 bits per heavy atom. The first-order valence-electron chi connectivity index (χ1n) is 6.63. The molecule has 0 saturated carbocycles. The molecule has 4 nitrogen and oxygen atoms in total. The SMILES string of the molecule is Cc1csc(=O)n1CCC(=O)N1CCc2sccc2C1. The number of hydrogen-bond acceptors (Lipinski definition) is 4. The van der Waals surface area contributed by atoms with Crippen LogP contribution >= 0.6 is 22.7 Å². The van der Waals surface area contributed by atoms with Crippen LogP contribution in [0, 0.1) is 6.92 Å². The summed E-state index contributed by atoms with van der Waals surface area (Å²) in [5.41, 5.74) is 2.21. The van der Waals surface area contributed by atoms with E-state index < -0.39 is 0 Å². The quantitative estimate of drug-likeness (QED) is 0.873. The maximum atomic E-state index is 12.3. The number of rotatable bonds is 3. The van der Waals surface area contributed by atoms with Crippen LogP contribution in [0.15, 0.2) is 21.6 Å². The van der Waals surface area contributed by atoms with E-state index in [1.807, 2.05) is 17.2 Å². The van der Waals surface area contributed by atoms with E-state index in [1.54, 1.807) is 15.9 Å². The van der Waals surface area contributed by atoms with E-state index in [4.69, 9.17) is 0 Å². The summed E-state index contributed by atoms with van der Waals surface area (Å²) in [6.45, 7) is 3.90. The minimum Gasteiger partial charge on any atom is -0.338 e. The lowest BCUT2D eigenvalue weighted by Crippen LogP contribution is -2.36. The lowest BCUT2D eigenvalue weighted by atomic mass is 10.1. The van der Waals surface area contributed by atoms with Crippen molar-refractivity contribution in [2.75, 3.05) is 6.54 Å². The Labute approximate surface area is 125 Å². The number of aromatic nitrogens is 1. The zero-order valence-corrected chi connectivity index (χ0v) is 12.9. The lowest BCUT2D eigenvalue weighted by molar-refractivity contribution is -0.132. The molecular formula is C14H16N2O2S2. The van der Waals surface area contributed by atoms with Gasteiger partial charge in [-0.25, -0.2) is 0 Å². The average molecular weight is 308 g/mol. The summed E-state index contributed by atoms with van der Waals surface area (Å²) in [7, 11) is 0. The van der Waals surface area contributed by atoms with Crippen LogP contribution in [0.25, 0.3) is 0 Å². The van der Waals surface area contributed by atoms with E-state index >= 15 is 0 Å². The van der Waals surface area contributed by atoms with E-state index in [0.29, 0.717) is 13.0 Å². The second kappa shape index (κ2) is 5.54. The van der Waals surface area contributed by atoms with Crippen molar-refractivity contribution in [2.45, 2.75) is 32.9 Å². The zero-order chi connectivity index (χ0) is 14.1. The topological polar surface area (TPSA) is 42.3 Å². The molecule has 2 aromatic rings. The van der Waals surface area contributed by atoms with Crippen LogP contribution in [-0.4, -0.2) is 21.9 Å². The number of carbonyl (C=O) groups excluding carboxylic acids is 1. The molecule has 0 aromatic carbocycles. The molecule has 2 aromatic heterocycles. The van der Waals surface area contributed by atoms with Crippen molar-refractivity contribution < 1.29 is 4.79 Å². The molecule has 3 rings (SSSR count). The smallest absolute Gasteiger partial charge is 0.307 e. The van der Waals surface area contributed by atoms with Gasteiger partial charge in [0, 0.05) is 42.0 Å². The normalized spacial score (nSPS) is 14.3. The average Bonchev–Trinajstić information content (AvgIpc) is 3.03. The Kier molecular flexibility index (Phi) is 3.76. The summed E-state index contributed by atoms with van der Waals surface area (Å²) in [5, 5.41) is 3.93. The number of nitrogens with zero attached hydrogens (tertiary/aromatic N) is 2. The predicted molar refractivity (Wildman–Crippen MR) is 81.4 cm³/mol. The van der Waals surface area contributed by atoms with Gasteiger partial charge in [-0.3, -0.25) is 9.59 Å². The molecule has 0 unspecified atom stereocenters. The van der Waals surface area contributed by atoms with Gasteiger partial charge in [-0.2, -0.15) is 0 Å². The fourth-order valence-electron chi connectivity index (χ4n) is 2.50. The molecule has 0 radical (unpaired) electrons. The predicted octanol–water partition coefficient (Wildman–Crippen LogP) is 2.25. The highest BCUT2D eigenvalue weighted by atomic mass is 32.1. The van der Waals surface area contributed by atoms with Gasteiger partial charge in [0.25, 0.3) is 0 Å². The summed E-state index contributed by atoms with van der Waals surface area (Å²) in [6, 6.07) is 2.10. The minimum atomic E-state index is 0.0223. The van der Waals surface area contributed by atoms with Gasteiger partial charge >= 0.3 is 4.87 Å². The van der Waals surface area contributed by atoms with Gasteiger partial charge in [-0.15, -0.1) is 11.3 Å². The first-order chi connectivity index (χ1) is 9.65. The Hall–Kier alpha value is -1.40. The van der Waals surface area contributed by atoms with Crippen LogP contribution in [0.4, 0.5) is 0 Å². The summed E-state index contributed by atoms with van der Waals surface area (Å²) >= 11 is 2.97. The van der Waals surface area contributed by atoms with Gasteiger partial charge in [0.15, 0.2) is 0 Å². The highest BCUT2D eigenvalue weighted by Crippen LogP contribution is 2.24. The fraction of sp³-hybridized carbons (Fsp3) is 0.429. The molecule has 0 fully saturated rings. The van der Waals surface area contributed by atoms with Crippen molar-refractivity contribution in [3.8, 4) is 0 Å². The van der Waals surface area contributed by atoms with E-state index in [2.05, 4.69) is 11.4 Å². The van der Waals surface area contributed by atoms with E-state index in [0.717, 1.165) is 25.2 Å². The minimum absolute atomic E-state index is 0.0223. The van der Waals surface area contributed by atoms with E-state index in [1.165, 1.54) is 21.8 Å². The molecule has 1 amide bonds. The monoisotopic (exact) mass is 308 g/mol. The molecule has 0 saturated heterocycles. The van der Waals surface area contributed by atoms with Crippen molar-refractivity contribution in [2.24, 2.45) is 0 Å². The number of aryl methyl sites for hydroxylation is 1. The Balaban J connectivity index is 1.62. The van der Waals surface area contributed by atoms with Crippen molar-refractivity contribution in [1.82, 2.24) is 9.47 Å². The van der Waals surface area contributed by atoms with Crippen molar-refractivity contribution in [3.63, 3.8) is 0 Å². The van der Waals surface area contributed by atoms with Gasteiger partial charge < -0.3 is 9.47 Å². The molecule has 106 valence electrons. The molecule has 0 atom stereocenters. The molecule has 0 N–H and O–H groups in total. The summed E-state index contributed by atoms with van der Waals surface area (Å²) < 4.78 is 1.68. The van der Waals surface area contributed by atoms with Crippen LogP contribution < -0.4 is 4.87 Å². The zero-order valence-electron chi connectivity index (χ0n) is 11.3. The Morgan fingerprint density at radius 3 is 3.00 bits per heavy atom. The molecular weight excluding hydrogens is 292 g/mol. The second-order valence-electron chi connectivity index (χ2n) is 4.98. The molecule has 20 heavy (non-hydrogen) atoms. The maximum Gasteiger partial charge on any atom is 0.307 e. The Morgan fingerprint density at radius 1 is 1.40 bits per heavy atom. The van der Waals surface area contributed by atoms with Crippen LogP contribution in [0.2, 0.25) is 0 Å². The molecule has 1 aliphatic rings. The summed E-state index contributed by atoms with van der Waals surface area (Å²) in [4.78, 5) is 27.2. The van der Waals surface area contributed by atoms with Crippen LogP contribution in [0.3, 0.4) is 0 Å². The molecule has 0 aliphatic carbocycles. The summed E-state index contributed by atoms with van der Waals surface area (Å²) in [6.07, 6.45) is 1.35. The molecule has 0 spiro atoms. The number of carbonyl (C=O) groups is 1. The highest BCUT2D eigenvalue weighted by molar-refractivity contribution is 7.10. The second-order valence-corrected chi connectivity index (χ2v) is 6.80. The van der Waals surface area contributed by atoms with Gasteiger partial charge in [0.05, 0.1) is 0 Å². The maximum absolute atomic E-state index is 12.3. The third-order valence-corrected chi connectivity index (χ3v) is 5.59. The molecule has 0 bridgehead atoms. The number of hydrogen-bond donors (Lipinski definition) is 0. The lowest BCUT2D eigenvalue weighted by Gasteiger charge is -2.27. The first-order valence-corrected chi connectivity index (χ1v) is 8.39. The van der Waals surface area contributed by atoms with E-state index in [9.17, 15) is 9.59 Å². The van der Waals surface area contributed by atoms with Crippen molar-refractivity contribution >= 4 is 28.6 Å².